The van der Waals surface area contributed by atoms with Crippen LogP contribution >= 0.6 is 0 Å². The molecule has 0 aliphatic rings. The summed E-state index contributed by atoms with van der Waals surface area (Å²) < 4.78 is 0. The summed E-state index contributed by atoms with van der Waals surface area (Å²) >= 11 is 0. The number of amides is 1. The van der Waals surface area contributed by atoms with E-state index in [1.165, 1.54) is 0 Å². The highest BCUT2D eigenvalue weighted by Crippen LogP contribution is 2.13. The molecule has 0 aliphatic heterocycles. The molecule has 1 heterocycles. The largest absolute Gasteiger partial charge is 0.398 e. The Kier molecular flexibility index (Phi) is 4.13. The topological polar surface area (TPSA) is 68.0 Å². The van der Waals surface area contributed by atoms with Gasteiger partial charge < -0.3 is 11.1 Å². The molecule has 0 saturated carbocycles. The number of nitrogens with one attached hydrogen (secondary N) is 1. The van der Waals surface area contributed by atoms with Gasteiger partial charge in [0.25, 0.3) is 0 Å². The first-order valence-electron chi connectivity index (χ1n) is 6.19. The molecule has 0 bridgehead atoms. The van der Waals surface area contributed by atoms with Crippen molar-refractivity contribution >= 4 is 11.6 Å². The highest BCUT2D eigenvalue weighted by molar-refractivity contribution is 5.80. The Balaban J connectivity index is 1.97. The normalized spacial score (nSPS) is 11.8. The lowest BCUT2D eigenvalue weighted by atomic mass is 10.1. The van der Waals surface area contributed by atoms with Gasteiger partial charge in [-0.25, -0.2) is 0 Å². The Labute approximate surface area is 112 Å². The maximum absolute atomic E-state index is 12.0. The lowest BCUT2D eigenvalue weighted by molar-refractivity contribution is -0.121. The summed E-state index contributed by atoms with van der Waals surface area (Å²) in [5.41, 5.74) is 8.29. The summed E-state index contributed by atoms with van der Waals surface area (Å²) in [5.74, 6) is -0.0470. The second kappa shape index (κ2) is 6.00. The number of carbonyl (C=O) groups is 1. The molecule has 0 aliphatic carbocycles. The minimum atomic E-state index is -0.0638. The van der Waals surface area contributed by atoms with E-state index in [1.807, 2.05) is 37.3 Å². The van der Waals surface area contributed by atoms with Crippen LogP contribution in [-0.2, 0) is 11.2 Å². The predicted octanol–water partition coefficient (Wildman–Crippen LogP) is 2.08. The minimum Gasteiger partial charge on any atom is -0.398 e. The highest BCUT2D eigenvalue weighted by atomic mass is 16.1. The van der Waals surface area contributed by atoms with E-state index in [0.717, 1.165) is 11.1 Å². The van der Waals surface area contributed by atoms with Crippen molar-refractivity contribution in [2.45, 2.75) is 19.4 Å². The second-order valence-corrected chi connectivity index (χ2v) is 4.45. The first kappa shape index (κ1) is 13.1. The molecule has 2 aromatic rings. The fourth-order valence-electron chi connectivity index (χ4n) is 1.88. The fourth-order valence-corrected chi connectivity index (χ4v) is 1.88. The van der Waals surface area contributed by atoms with Crippen molar-refractivity contribution in [2.24, 2.45) is 0 Å². The molecule has 2 rings (SSSR count). The third-order valence-corrected chi connectivity index (χ3v) is 2.97. The zero-order valence-corrected chi connectivity index (χ0v) is 10.8. The number of rotatable bonds is 4. The molecule has 0 saturated heterocycles. The molecule has 0 spiro atoms. The number of hydrogen-bond donors (Lipinski definition) is 2. The van der Waals surface area contributed by atoms with Crippen LogP contribution in [0.15, 0.2) is 48.8 Å². The summed E-state index contributed by atoms with van der Waals surface area (Å²) in [6, 6.07) is 11.1. The van der Waals surface area contributed by atoms with E-state index in [4.69, 9.17) is 5.73 Å². The molecule has 19 heavy (non-hydrogen) atoms. The van der Waals surface area contributed by atoms with E-state index in [0.29, 0.717) is 5.69 Å². The van der Waals surface area contributed by atoms with E-state index < -0.39 is 0 Å². The van der Waals surface area contributed by atoms with Crippen molar-refractivity contribution < 1.29 is 4.79 Å². The number of nitrogens with zero attached hydrogens (tertiary/aromatic N) is 1. The van der Waals surface area contributed by atoms with Crippen molar-refractivity contribution in [3.8, 4) is 0 Å². The summed E-state index contributed by atoms with van der Waals surface area (Å²) in [4.78, 5) is 16.0. The Hall–Kier alpha value is -2.36. The number of para-hydroxylation sites is 1. The SMILES string of the molecule is CC(NC(=O)Cc1ccccc1N)c1cccnc1. The van der Waals surface area contributed by atoms with Crippen LogP contribution in [-0.4, -0.2) is 10.9 Å². The van der Waals surface area contributed by atoms with Gasteiger partial charge >= 0.3 is 0 Å². The Morgan fingerprint density at radius 1 is 1.32 bits per heavy atom. The number of nitrogens with two attached hydrogens (primary N) is 1. The molecular weight excluding hydrogens is 238 g/mol. The van der Waals surface area contributed by atoms with Gasteiger partial charge in [-0.1, -0.05) is 24.3 Å². The number of anilines is 1. The van der Waals surface area contributed by atoms with Gasteiger partial charge in [-0.05, 0) is 30.2 Å². The van der Waals surface area contributed by atoms with E-state index in [-0.39, 0.29) is 18.4 Å². The maximum atomic E-state index is 12.0. The van der Waals surface area contributed by atoms with E-state index >= 15 is 0 Å². The highest BCUT2D eigenvalue weighted by Gasteiger charge is 2.11. The minimum absolute atomic E-state index is 0.0470. The second-order valence-electron chi connectivity index (χ2n) is 4.45. The molecule has 3 N–H and O–H groups in total. The quantitative estimate of drug-likeness (QED) is 0.822. The molecule has 0 fully saturated rings. The van der Waals surface area contributed by atoms with Crippen molar-refractivity contribution in [1.82, 2.24) is 10.3 Å². The summed E-state index contributed by atoms with van der Waals surface area (Å²) in [7, 11) is 0. The number of hydrogen-bond acceptors (Lipinski definition) is 3. The number of aromatic nitrogens is 1. The molecule has 1 aromatic heterocycles. The van der Waals surface area contributed by atoms with Gasteiger partial charge in [-0.2, -0.15) is 0 Å². The van der Waals surface area contributed by atoms with E-state index in [2.05, 4.69) is 10.3 Å². The standard InChI is InChI=1S/C15H17N3O/c1-11(13-6-4-8-17-10-13)18-15(19)9-12-5-2-3-7-14(12)16/h2-8,10-11H,9,16H2,1H3,(H,18,19). The third-order valence-electron chi connectivity index (χ3n) is 2.97. The summed E-state index contributed by atoms with van der Waals surface area (Å²) in [6.07, 6.45) is 3.75. The lowest BCUT2D eigenvalue weighted by Crippen LogP contribution is -2.28. The number of nitrogen functional groups attached to an aromatic ring is 1. The van der Waals surface area contributed by atoms with Crippen molar-refractivity contribution in [2.75, 3.05) is 5.73 Å². The van der Waals surface area contributed by atoms with Crippen LogP contribution in [0, 0.1) is 0 Å². The van der Waals surface area contributed by atoms with Crippen LogP contribution in [0.25, 0.3) is 0 Å². The molecule has 0 radical (unpaired) electrons. The molecule has 98 valence electrons. The first-order valence-corrected chi connectivity index (χ1v) is 6.19. The van der Waals surface area contributed by atoms with Gasteiger partial charge in [0.1, 0.15) is 0 Å². The number of pyridine rings is 1. The Morgan fingerprint density at radius 2 is 2.11 bits per heavy atom. The smallest absolute Gasteiger partial charge is 0.224 e. The number of benzene rings is 1. The molecule has 1 amide bonds. The molecule has 1 aromatic carbocycles. The molecule has 4 heteroatoms. The molecule has 4 nitrogen and oxygen atoms in total. The summed E-state index contributed by atoms with van der Waals surface area (Å²) in [6.45, 7) is 1.93. The van der Waals surface area contributed by atoms with Crippen LogP contribution in [0.1, 0.15) is 24.1 Å². The van der Waals surface area contributed by atoms with Gasteiger partial charge in [0.2, 0.25) is 5.91 Å². The Bertz CT molecular complexity index is 554. The van der Waals surface area contributed by atoms with Crippen LogP contribution in [0.5, 0.6) is 0 Å². The van der Waals surface area contributed by atoms with Gasteiger partial charge in [-0.3, -0.25) is 9.78 Å². The zero-order valence-electron chi connectivity index (χ0n) is 10.8. The van der Waals surface area contributed by atoms with Gasteiger partial charge in [0, 0.05) is 18.1 Å². The monoisotopic (exact) mass is 255 g/mol. The van der Waals surface area contributed by atoms with Crippen molar-refractivity contribution in [3.63, 3.8) is 0 Å². The average molecular weight is 255 g/mol. The van der Waals surface area contributed by atoms with Gasteiger partial charge in [0.05, 0.1) is 12.5 Å². The number of carbonyl (C=O) groups excluding carboxylic acids is 1. The van der Waals surface area contributed by atoms with E-state index in [1.54, 1.807) is 18.5 Å². The van der Waals surface area contributed by atoms with Gasteiger partial charge in [0.15, 0.2) is 0 Å². The van der Waals surface area contributed by atoms with Crippen molar-refractivity contribution in [3.05, 3.63) is 59.9 Å². The van der Waals surface area contributed by atoms with E-state index in [9.17, 15) is 4.79 Å². The average Bonchev–Trinajstić information content (AvgIpc) is 2.42. The first-order chi connectivity index (χ1) is 9.16. The zero-order chi connectivity index (χ0) is 13.7. The van der Waals surface area contributed by atoms with Gasteiger partial charge in [-0.15, -0.1) is 0 Å². The van der Waals surface area contributed by atoms with Crippen LogP contribution in [0.3, 0.4) is 0 Å². The van der Waals surface area contributed by atoms with Crippen LogP contribution in [0.4, 0.5) is 5.69 Å². The maximum Gasteiger partial charge on any atom is 0.224 e. The fraction of sp³-hybridized carbons (Fsp3) is 0.200. The lowest BCUT2D eigenvalue weighted by Gasteiger charge is -2.14. The molecule has 1 unspecified atom stereocenters. The Morgan fingerprint density at radius 3 is 2.79 bits per heavy atom. The third kappa shape index (κ3) is 3.55. The van der Waals surface area contributed by atoms with Crippen LogP contribution < -0.4 is 11.1 Å². The van der Waals surface area contributed by atoms with Crippen molar-refractivity contribution in [1.29, 1.82) is 0 Å². The molecule has 1 atom stereocenters. The van der Waals surface area contributed by atoms with Crippen LogP contribution in [0.2, 0.25) is 0 Å². The summed E-state index contributed by atoms with van der Waals surface area (Å²) in [5, 5.41) is 2.94. The molecular formula is C15H17N3O. The predicted molar refractivity (Wildman–Crippen MR) is 75.4 cm³/mol.